The molecule has 0 aromatic heterocycles. The van der Waals surface area contributed by atoms with Crippen LogP contribution in [0.5, 0.6) is 5.75 Å². The molecule has 1 aliphatic heterocycles. The molecular weight excluding hydrogens is 396 g/mol. The second-order valence-corrected chi connectivity index (χ2v) is 7.66. The van der Waals surface area contributed by atoms with Gasteiger partial charge in [-0.2, -0.15) is 0 Å². The zero-order valence-corrected chi connectivity index (χ0v) is 18.5. The van der Waals surface area contributed by atoms with Gasteiger partial charge >= 0.3 is 0 Å². The number of aliphatic hydroxyl groups is 1. The number of hydrogen-bond acceptors (Lipinski definition) is 6. The number of Topliss-reactive ketones (excluding diaryl/α,β-unsaturated/α-hetero) is 1. The van der Waals surface area contributed by atoms with Crippen molar-refractivity contribution in [3.63, 3.8) is 0 Å². The molecule has 0 bridgehead atoms. The molecule has 7 heteroatoms. The first kappa shape index (κ1) is 22.4. The van der Waals surface area contributed by atoms with E-state index in [-0.39, 0.29) is 24.5 Å². The van der Waals surface area contributed by atoms with E-state index in [4.69, 9.17) is 9.47 Å². The fourth-order valence-electron chi connectivity index (χ4n) is 3.78. The number of carbonyl (C=O) groups excluding carboxylic acids is 2. The highest BCUT2D eigenvalue weighted by Crippen LogP contribution is 2.40. The minimum Gasteiger partial charge on any atom is -0.507 e. The van der Waals surface area contributed by atoms with Crippen LogP contribution < -0.4 is 9.64 Å². The van der Waals surface area contributed by atoms with Crippen molar-refractivity contribution < 1.29 is 24.2 Å². The maximum Gasteiger partial charge on any atom is 0.295 e. The second kappa shape index (κ2) is 9.22. The molecule has 31 heavy (non-hydrogen) atoms. The SMILES string of the molecule is COCCN1C(=O)C(=O)/C(=C(\O)c2ccc(OC)c(C)c2)C1c1ccc(N(C)C)cc1. The van der Waals surface area contributed by atoms with E-state index in [0.29, 0.717) is 11.3 Å². The number of likely N-dealkylation sites (tertiary alicyclic amines) is 1. The minimum atomic E-state index is -0.705. The number of anilines is 1. The summed E-state index contributed by atoms with van der Waals surface area (Å²) in [6.07, 6.45) is 0. The number of benzene rings is 2. The van der Waals surface area contributed by atoms with Gasteiger partial charge in [0.05, 0.1) is 25.3 Å². The molecule has 1 unspecified atom stereocenters. The number of carbonyl (C=O) groups is 2. The molecule has 164 valence electrons. The van der Waals surface area contributed by atoms with E-state index in [0.717, 1.165) is 16.8 Å². The van der Waals surface area contributed by atoms with Gasteiger partial charge in [-0.15, -0.1) is 0 Å². The third kappa shape index (κ3) is 4.27. The van der Waals surface area contributed by atoms with Crippen LogP contribution in [0.25, 0.3) is 5.76 Å². The number of nitrogens with zero attached hydrogens (tertiary/aromatic N) is 2. The van der Waals surface area contributed by atoms with Crippen LogP contribution in [-0.4, -0.2) is 63.2 Å². The van der Waals surface area contributed by atoms with Crippen molar-refractivity contribution in [1.82, 2.24) is 4.90 Å². The fraction of sp³-hybridized carbons (Fsp3) is 0.333. The highest BCUT2D eigenvalue weighted by molar-refractivity contribution is 6.46. The second-order valence-electron chi connectivity index (χ2n) is 7.66. The number of amides is 1. The molecule has 0 aliphatic carbocycles. The van der Waals surface area contributed by atoms with E-state index in [1.165, 1.54) is 12.0 Å². The Labute approximate surface area is 182 Å². The molecule has 1 amide bonds. The van der Waals surface area contributed by atoms with E-state index in [2.05, 4.69) is 0 Å². The maximum atomic E-state index is 13.0. The smallest absolute Gasteiger partial charge is 0.295 e. The monoisotopic (exact) mass is 424 g/mol. The Morgan fingerprint density at radius 3 is 2.32 bits per heavy atom. The van der Waals surface area contributed by atoms with Gasteiger partial charge in [0.1, 0.15) is 11.5 Å². The average molecular weight is 424 g/mol. The van der Waals surface area contributed by atoms with Gasteiger partial charge in [0.15, 0.2) is 0 Å². The number of methoxy groups -OCH3 is 2. The summed E-state index contributed by atoms with van der Waals surface area (Å²) >= 11 is 0. The Bertz CT molecular complexity index is 1010. The summed E-state index contributed by atoms with van der Waals surface area (Å²) in [6.45, 7) is 2.37. The van der Waals surface area contributed by atoms with Crippen LogP contribution in [-0.2, 0) is 14.3 Å². The lowest BCUT2D eigenvalue weighted by molar-refractivity contribution is -0.140. The standard InChI is InChI=1S/C24H28N2O5/c1-15-14-17(8-11-19(15)31-5)22(27)20-21(16-6-9-18(10-7-16)25(2)3)26(12-13-30-4)24(29)23(20)28/h6-11,14,21,27H,12-13H2,1-5H3/b22-20-. The molecule has 1 heterocycles. The van der Waals surface area contributed by atoms with Gasteiger partial charge in [0, 0.05) is 39.0 Å². The zero-order chi connectivity index (χ0) is 22.7. The number of aliphatic hydroxyl groups excluding tert-OH is 1. The van der Waals surface area contributed by atoms with E-state index in [1.54, 1.807) is 25.3 Å². The molecule has 1 atom stereocenters. The van der Waals surface area contributed by atoms with Crippen molar-refractivity contribution in [2.45, 2.75) is 13.0 Å². The van der Waals surface area contributed by atoms with Crippen LogP contribution in [0.3, 0.4) is 0 Å². The van der Waals surface area contributed by atoms with E-state index in [1.807, 2.05) is 50.2 Å². The van der Waals surface area contributed by atoms with E-state index < -0.39 is 17.7 Å². The largest absolute Gasteiger partial charge is 0.507 e. The summed E-state index contributed by atoms with van der Waals surface area (Å²) in [7, 11) is 6.98. The molecule has 1 fully saturated rings. The van der Waals surface area contributed by atoms with Crippen LogP contribution >= 0.6 is 0 Å². The van der Waals surface area contributed by atoms with Gasteiger partial charge in [-0.3, -0.25) is 9.59 Å². The number of aryl methyl sites for hydroxylation is 1. The molecule has 0 radical (unpaired) electrons. The number of hydrogen-bond donors (Lipinski definition) is 1. The Hall–Kier alpha value is -3.32. The third-order valence-corrected chi connectivity index (χ3v) is 5.47. The van der Waals surface area contributed by atoms with Gasteiger partial charge in [-0.1, -0.05) is 12.1 Å². The molecule has 1 N–H and O–H groups in total. The van der Waals surface area contributed by atoms with Crippen molar-refractivity contribution in [2.24, 2.45) is 0 Å². The van der Waals surface area contributed by atoms with Crippen molar-refractivity contribution in [3.8, 4) is 5.75 Å². The molecule has 3 rings (SSSR count). The van der Waals surface area contributed by atoms with Gasteiger partial charge in [0.25, 0.3) is 11.7 Å². The molecule has 0 spiro atoms. The van der Waals surface area contributed by atoms with Crippen LogP contribution in [0.4, 0.5) is 5.69 Å². The van der Waals surface area contributed by atoms with Crippen molar-refractivity contribution >= 4 is 23.1 Å². The van der Waals surface area contributed by atoms with Gasteiger partial charge < -0.3 is 24.4 Å². The van der Waals surface area contributed by atoms with Gasteiger partial charge in [0.2, 0.25) is 0 Å². The summed E-state index contributed by atoms with van der Waals surface area (Å²) < 4.78 is 10.4. The lowest BCUT2D eigenvalue weighted by Gasteiger charge is -2.25. The first-order valence-electron chi connectivity index (χ1n) is 9.99. The summed E-state index contributed by atoms with van der Waals surface area (Å²) in [5.41, 5.74) is 3.07. The number of ether oxygens (including phenoxy) is 2. The Morgan fingerprint density at radius 2 is 1.77 bits per heavy atom. The molecule has 2 aromatic carbocycles. The molecule has 7 nitrogen and oxygen atoms in total. The van der Waals surface area contributed by atoms with Crippen molar-refractivity contribution in [1.29, 1.82) is 0 Å². The zero-order valence-electron chi connectivity index (χ0n) is 18.5. The summed E-state index contributed by atoms with van der Waals surface area (Å²) in [6, 6.07) is 12.0. The highest BCUT2D eigenvalue weighted by atomic mass is 16.5. The summed E-state index contributed by atoms with van der Waals surface area (Å²) in [5, 5.41) is 11.1. The predicted octanol–water partition coefficient (Wildman–Crippen LogP) is 3.14. The predicted molar refractivity (Wildman–Crippen MR) is 119 cm³/mol. The topological polar surface area (TPSA) is 79.3 Å². The van der Waals surface area contributed by atoms with E-state index in [9.17, 15) is 14.7 Å². The molecule has 0 saturated carbocycles. The highest BCUT2D eigenvalue weighted by Gasteiger charge is 2.45. The average Bonchev–Trinajstić information content (AvgIpc) is 3.01. The number of rotatable bonds is 7. The normalized spacial score (nSPS) is 17.8. The first-order valence-corrected chi connectivity index (χ1v) is 9.99. The lowest BCUT2D eigenvalue weighted by atomic mass is 9.94. The van der Waals surface area contributed by atoms with Gasteiger partial charge in [-0.25, -0.2) is 0 Å². The van der Waals surface area contributed by atoms with Crippen LogP contribution in [0, 0.1) is 6.92 Å². The summed E-state index contributed by atoms with van der Waals surface area (Å²) in [4.78, 5) is 29.2. The maximum absolute atomic E-state index is 13.0. The van der Waals surface area contributed by atoms with E-state index >= 15 is 0 Å². The Kier molecular flexibility index (Phi) is 6.65. The van der Waals surface area contributed by atoms with Crippen molar-refractivity contribution in [2.75, 3.05) is 46.4 Å². The Balaban J connectivity index is 2.14. The third-order valence-electron chi connectivity index (χ3n) is 5.47. The molecule has 1 aliphatic rings. The Morgan fingerprint density at radius 1 is 1.10 bits per heavy atom. The van der Waals surface area contributed by atoms with Crippen LogP contribution in [0.2, 0.25) is 0 Å². The van der Waals surface area contributed by atoms with Gasteiger partial charge in [-0.05, 0) is 48.4 Å². The van der Waals surface area contributed by atoms with Crippen molar-refractivity contribution in [3.05, 3.63) is 64.7 Å². The molecule has 2 aromatic rings. The lowest BCUT2D eigenvalue weighted by Crippen LogP contribution is -2.32. The molecular formula is C24H28N2O5. The summed E-state index contributed by atoms with van der Waals surface area (Å²) in [5.74, 6) is -0.882. The number of ketones is 1. The molecule has 1 saturated heterocycles. The quantitative estimate of drug-likeness (QED) is 0.418. The minimum absolute atomic E-state index is 0.0725. The van der Waals surface area contributed by atoms with Crippen LogP contribution in [0.15, 0.2) is 48.0 Å². The first-order chi connectivity index (χ1) is 14.8. The fourth-order valence-corrected chi connectivity index (χ4v) is 3.78. The van der Waals surface area contributed by atoms with Crippen LogP contribution in [0.1, 0.15) is 22.7 Å².